The highest BCUT2D eigenvalue weighted by Gasteiger charge is 2.34. The highest BCUT2D eigenvalue weighted by atomic mass is 15.2. The normalized spacial score (nSPS) is 26.3. The summed E-state index contributed by atoms with van der Waals surface area (Å²) in [5, 5.41) is 10.9. The lowest BCUT2D eigenvalue weighted by molar-refractivity contribution is 0.158. The summed E-state index contributed by atoms with van der Waals surface area (Å²) in [6, 6.07) is 0. The van der Waals surface area contributed by atoms with Gasteiger partial charge in [-0.25, -0.2) is 0 Å². The smallest absolute Gasteiger partial charge is 0.0315 e. The van der Waals surface area contributed by atoms with Gasteiger partial charge in [0.25, 0.3) is 0 Å². The molecule has 0 saturated heterocycles. The molecule has 1 fully saturated rings. The first-order valence-electron chi connectivity index (χ1n) is 5.79. The Morgan fingerprint density at radius 3 is 2.17 bits per heavy atom. The molecule has 0 aromatic rings. The van der Waals surface area contributed by atoms with Gasteiger partial charge in [0.2, 0.25) is 0 Å². The van der Waals surface area contributed by atoms with Gasteiger partial charge in [0, 0.05) is 34.4 Å². The van der Waals surface area contributed by atoms with Crippen molar-refractivity contribution in [2.75, 3.05) is 19.6 Å². The zero-order valence-electron chi connectivity index (χ0n) is 10.1. The molecule has 0 aromatic carbocycles. The third kappa shape index (κ3) is 4.07. The van der Waals surface area contributed by atoms with Gasteiger partial charge in [0.1, 0.15) is 0 Å². The summed E-state index contributed by atoms with van der Waals surface area (Å²) < 4.78 is 0. The summed E-state index contributed by atoms with van der Waals surface area (Å²) in [5.41, 5.74) is 24.9. The topological polar surface area (TPSA) is 146 Å². The average Bonchev–Trinajstić information content (AvgIpc) is 2.41. The fraction of sp³-hybridized carbons (Fsp3) is 1.00. The van der Waals surface area contributed by atoms with Crippen molar-refractivity contribution in [1.82, 2.24) is 0 Å². The van der Waals surface area contributed by atoms with Crippen LogP contribution in [0.1, 0.15) is 25.7 Å². The monoisotopic (exact) mass is 249 g/mol. The molecule has 0 aromatic heterocycles. The van der Waals surface area contributed by atoms with E-state index in [0.717, 1.165) is 25.7 Å². The van der Waals surface area contributed by atoms with Gasteiger partial charge in [-0.15, -0.1) is 0 Å². The lowest BCUT2D eigenvalue weighted by Crippen LogP contribution is -2.35. The molecule has 0 aliphatic heterocycles. The van der Waals surface area contributed by atoms with Crippen LogP contribution in [0.25, 0.3) is 31.3 Å². The third-order valence-electron chi connectivity index (χ3n) is 3.38. The van der Waals surface area contributed by atoms with Crippen LogP contribution in [0.15, 0.2) is 15.3 Å². The molecular formula is C9H15N9. The van der Waals surface area contributed by atoms with E-state index in [-0.39, 0.29) is 11.3 Å². The Morgan fingerprint density at radius 1 is 1.00 bits per heavy atom. The maximum atomic E-state index is 8.43. The second-order valence-corrected chi connectivity index (χ2v) is 4.65. The Balaban J connectivity index is 2.76. The molecule has 0 unspecified atom stereocenters. The van der Waals surface area contributed by atoms with Crippen molar-refractivity contribution in [3.8, 4) is 0 Å². The van der Waals surface area contributed by atoms with Gasteiger partial charge in [-0.2, -0.15) is 0 Å². The van der Waals surface area contributed by atoms with Gasteiger partial charge in [-0.05, 0) is 40.8 Å². The maximum absolute atomic E-state index is 8.43. The van der Waals surface area contributed by atoms with Crippen molar-refractivity contribution in [2.24, 2.45) is 26.7 Å². The standard InChI is InChI=1S/C9H15N9/c10-16-13-5-8-2-1-3-9(4-8,6-14-17-11)7-15-18-12/h8H,1-7H2/t8-/m1/s1. The van der Waals surface area contributed by atoms with Crippen LogP contribution in [0, 0.1) is 11.3 Å². The summed E-state index contributed by atoms with van der Waals surface area (Å²) in [7, 11) is 0. The third-order valence-corrected chi connectivity index (χ3v) is 3.38. The molecule has 1 aliphatic carbocycles. The predicted octanol–water partition coefficient (Wildman–Crippen LogP) is 4.09. The minimum Gasteiger partial charge on any atom is -0.0937 e. The zero-order valence-corrected chi connectivity index (χ0v) is 10.1. The van der Waals surface area contributed by atoms with Crippen LogP contribution in [0.3, 0.4) is 0 Å². The molecule has 0 heterocycles. The summed E-state index contributed by atoms with van der Waals surface area (Å²) in [5.74, 6) is 0.275. The van der Waals surface area contributed by atoms with Crippen molar-refractivity contribution < 1.29 is 0 Å². The van der Waals surface area contributed by atoms with E-state index in [2.05, 4.69) is 30.1 Å². The van der Waals surface area contributed by atoms with Crippen molar-refractivity contribution >= 4 is 0 Å². The molecule has 0 N–H and O–H groups in total. The second-order valence-electron chi connectivity index (χ2n) is 4.65. The number of rotatable bonds is 6. The molecular weight excluding hydrogens is 234 g/mol. The quantitative estimate of drug-likeness (QED) is 0.379. The Hall–Kier alpha value is -2.07. The second kappa shape index (κ2) is 7.29. The molecule has 1 rings (SSSR count). The molecule has 0 bridgehead atoms. The Labute approximate surface area is 104 Å². The molecule has 1 aliphatic rings. The van der Waals surface area contributed by atoms with Crippen LogP contribution < -0.4 is 0 Å². The summed E-state index contributed by atoms with van der Waals surface area (Å²) >= 11 is 0. The summed E-state index contributed by atoms with van der Waals surface area (Å²) in [6.45, 7) is 1.11. The van der Waals surface area contributed by atoms with Crippen LogP contribution in [-0.4, -0.2) is 19.6 Å². The van der Waals surface area contributed by atoms with E-state index in [0.29, 0.717) is 19.6 Å². The number of nitrogens with zero attached hydrogens (tertiary/aromatic N) is 9. The van der Waals surface area contributed by atoms with Crippen LogP contribution in [0.5, 0.6) is 0 Å². The van der Waals surface area contributed by atoms with Gasteiger partial charge in [0.15, 0.2) is 0 Å². The van der Waals surface area contributed by atoms with Gasteiger partial charge in [-0.1, -0.05) is 28.2 Å². The SMILES string of the molecule is [N-]=[N+]=NC[C@@H]1CCCC(CN=[N+]=[N-])(CN=[N+]=[N-])C1. The Morgan fingerprint density at radius 2 is 1.61 bits per heavy atom. The van der Waals surface area contributed by atoms with Crippen LogP contribution >= 0.6 is 0 Å². The number of hydrogen-bond acceptors (Lipinski definition) is 3. The van der Waals surface area contributed by atoms with Crippen molar-refractivity contribution in [3.05, 3.63) is 31.3 Å². The van der Waals surface area contributed by atoms with Gasteiger partial charge in [0.05, 0.1) is 0 Å². The molecule has 18 heavy (non-hydrogen) atoms. The molecule has 0 radical (unpaired) electrons. The van der Waals surface area contributed by atoms with Crippen LogP contribution in [-0.2, 0) is 0 Å². The van der Waals surface area contributed by atoms with E-state index in [1.165, 1.54) is 0 Å². The predicted molar refractivity (Wildman–Crippen MR) is 66.4 cm³/mol. The fourth-order valence-electron chi connectivity index (χ4n) is 2.59. The average molecular weight is 249 g/mol. The molecule has 0 spiro atoms. The van der Waals surface area contributed by atoms with Crippen molar-refractivity contribution in [2.45, 2.75) is 25.7 Å². The molecule has 0 amide bonds. The first kappa shape index (κ1) is 14.0. The maximum Gasteiger partial charge on any atom is 0.0315 e. The highest BCUT2D eigenvalue weighted by Crippen LogP contribution is 2.40. The van der Waals surface area contributed by atoms with E-state index in [1.807, 2.05) is 0 Å². The lowest BCUT2D eigenvalue weighted by Gasteiger charge is -2.38. The van der Waals surface area contributed by atoms with Crippen molar-refractivity contribution in [1.29, 1.82) is 0 Å². The fourth-order valence-corrected chi connectivity index (χ4v) is 2.59. The number of hydrogen-bond donors (Lipinski definition) is 0. The van der Waals surface area contributed by atoms with Gasteiger partial charge < -0.3 is 0 Å². The molecule has 1 saturated carbocycles. The first-order chi connectivity index (χ1) is 8.76. The largest absolute Gasteiger partial charge is 0.0937 e. The molecule has 1 atom stereocenters. The zero-order chi connectivity index (χ0) is 13.3. The molecule has 9 nitrogen and oxygen atoms in total. The van der Waals surface area contributed by atoms with Crippen LogP contribution in [0.4, 0.5) is 0 Å². The molecule has 96 valence electrons. The van der Waals surface area contributed by atoms with E-state index in [4.69, 9.17) is 16.6 Å². The lowest BCUT2D eigenvalue weighted by atomic mass is 9.69. The van der Waals surface area contributed by atoms with Gasteiger partial charge in [-0.3, -0.25) is 0 Å². The summed E-state index contributed by atoms with van der Waals surface area (Å²) in [4.78, 5) is 8.32. The van der Waals surface area contributed by atoms with E-state index in [9.17, 15) is 0 Å². The van der Waals surface area contributed by atoms with Crippen LogP contribution in [0.2, 0.25) is 0 Å². The molecule has 9 heteroatoms. The minimum atomic E-state index is -0.271. The summed E-state index contributed by atoms with van der Waals surface area (Å²) in [6.07, 6.45) is 3.60. The van der Waals surface area contributed by atoms with E-state index >= 15 is 0 Å². The minimum absolute atomic E-state index is 0.271. The highest BCUT2D eigenvalue weighted by molar-refractivity contribution is 4.91. The first-order valence-corrected chi connectivity index (χ1v) is 5.79. The Bertz CT molecular complexity index is 392. The van der Waals surface area contributed by atoms with E-state index < -0.39 is 0 Å². The van der Waals surface area contributed by atoms with E-state index in [1.54, 1.807) is 0 Å². The number of azide groups is 3. The van der Waals surface area contributed by atoms with Gasteiger partial charge >= 0.3 is 0 Å². The Kier molecular flexibility index (Phi) is 5.67. The van der Waals surface area contributed by atoms with Crippen molar-refractivity contribution in [3.63, 3.8) is 0 Å².